The summed E-state index contributed by atoms with van der Waals surface area (Å²) in [4.78, 5) is 2.44. The normalized spacial score (nSPS) is 13.0. The summed E-state index contributed by atoms with van der Waals surface area (Å²) in [5.74, 6) is 0. The first-order valence-corrected chi connectivity index (χ1v) is 20.2. The van der Waals surface area contributed by atoms with E-state index in [1.54, 1.807) is 0 Å². The second kappa shape index (κ2) is 12.8. The fourth-order valence-corrected chi connectivity index (χ4v) is 10.2. The van der Waals surface area contributed by atoms with Crippen LogP contribution in [0.1, 0.15) is 22.3 Å². The zero-order valence-corrected chi connectivity index (χ0v) is 31.8. The molecule has 0 N–H and O–H groups in total. The molecule has 10 aromatic rings. The van der Waals surface area contributed by atoms with Gasteiger partial charge in [0.2, 0.25) is 0 Å². The molecule has 270 valence electrons. The smallest absolute Gasteiger partial charge is 0.0731 e. The van der Waals surface area contributed by atoms with Crippen LogP contribution < -0.4 is 4.90 Å². The Bertz CT molecular complexity index is 3170. The molecule has 10 aromatic carbocycles. The van der Waals surface area contributed by atoms with E-state index < -0.39 is 5.41 Å². The molecule has 1 nitrogen and oxygen atoms in total. The molecule has 0 atom stereocenters. The molecule has 0 saturated carbocycles. The van der Waals surface area contributed by atoms with E-state index in [0.717, 1.165) is 17.1 Å². The lowest BCUT2D eigenvalue weighted by Crippen LogP contribution is -2.26. The number of rotatable bonds is 5. The van der Waals surface area contributed by atoms with Gasteiger partial charge in [-0.1, -0.05) is 182 Å². The first-order chi connectivity index (χ1) is 28.8. The second-order valence-electron chi connectivity index (χ2n) is 15.6. The molecule has 0 aliphatic heterocycles. The van der Waals surface area contributed by atoms with Crippen LogP contribution in [0.2, 0.25) is 0 Å². The molecule has 12 rings (SSSR count). The van der Waals surface area contributed by atoms with Crippen molar-refractivity contribution in [2.24, 2.45) is 0 Å². The van der Waals surface area contributed by atoms with Crippen LogP contribution in [-0.2, 0) is 5.41 Å². The van der Waals surface area contributed by atoms with Gasteiger partial charge >= 0.3 is 0 Å². The number of para-hydroxylation sites is 1. The molecule has 58 heavy (non-hydrogen) atoms. The lowest BCUT2D eigenvalue weighted by atomic mass is 9.69. The van der Waals surface area contributed by atoms with Crippen LogP contribution >= 0.6 is 0 Å². The topological polar surface area (TPSA) is 3.24 Å². The van der Waals surface area contributed by atoms with Gasteiger partial charge in [0.05, 0.1) is 11.1 Å². The average Bonchev–Trinajstić information content (AvgIpc) is 3.76. The summed E-state index contributed by atoms with van der Waals surface area (Å²) in [6.07, 6.45) is 0. The maximum atomic E-state index is 2.48. The number of hydrogen-bond acceptors (Lipinski definition) is 1. The van der Waals surface area contributed by atoms with Crippen LogP contribution in [0.3, 0.4) is 0 Å². The van der Waals surface area contributed by atoms with E-state index in [9.17, 15) is 0 Å². The Morgan fingerprint density at radius 3 is 1.59 bits per heavy atom. The van der Waals surface area contributed by atoms with Crippen LogP contribution in [0.15, 0.2) is 224 Å². The van der Waals surface area contributed by atoms with Crippen molar-refractivity contribution in [3.63, 3.8) is 0 Å². The average molecular weight is 736 g/mol. The van der Waals surface area contributed by atoms with E-state index in [1.165, 1.54) is 88.3 Å². The van der Waals surface area contributed by atoms with Crippen molar-refractivity contribution < 1.29 is 0 Å². The largest absolute Gasteiger partial charge is 0.310 e. The van der Waals surface area contributed by atoms with E-state index >= 15 is 0 Å². The summed E-state index contributed by atoms with van der Waals surface area (Å²) in [6, 6.07) is 83.1. The summed E-state index contributed by atoms with van der Waals surface area (Å²) in [6.45, 7) is 0. The maximum Gasteiger partial charge on any atom is 0.0731 e. The molecular weight excluding hydrogens is 699 g/mol. The number of nitrogens with zero attached hydrogens (tertiary/aromatic N) is 1. The highest BCUT2D eigenvalue weighted by molar-refractivity contribution is 6.07. The van der Waals surface area contributed by atoms with Crippen molar-refractivity contribution in [3.8, 4) is 44.5 Å². The number of benzene rings is 10. The lowest BCUT2D eigenvalue weighted by molar-refractivity contribution is 0.802. The van der Waals surface area contributed by atoms with Crippen LogP contribution in [-0.4, -0.2) is 0 Å². The second-order valence-corrected chi connectivity index (χ2v) is 15.6. The minimum Gasteiger partial charge on any atom is -0.310 e. The van der Waals surface area contributed by atoms with Crippen molar-refractivity contribution in [1.29, 1.82) is 0 Å². The van der Waals surface area contributed by atoms with Gasteiger partial charge in [-0.3, -0.25) is 0 Å². The molecule has 0 radical (unpaired) electrons. The van der Waals surface area contributed by atoms with Gasteiger partial charge in [0, 0.05) is 16.9 Å². The molecule has 0 saturated heterocycles. The van der Waals surface area contributed by atoms with E-state index in [-0.39, 0.29) is 0 Å². The van der Waals surface area contributed by atoms with Crippen LogP contribution in [0.5, 0.6) is 0 Å². The Balaban J connectivity index is 1.13. The van der Waals surface area contributed by atoms with Crippen molar-refractivity contribution >= 4 is 38.6 Å². The highest BCUT2D eigenvalue weighted by Gasteiger charge is 2.52. The molecule has 0 amide bonds. The van der Waals surface area contributed by atoms with E-state index in [2.05, 4.69) is 229 Å². The molecule has 2 aliphatic carbocycles. The van der Waals surface area contributed by atoms with Gasteiger partial charge in [-0.25, -0.2) is 0 Å². The Kier molecular flexibility index (Phi) is 7.21. The third-order valence-electron chi connectivity index (χ3n) is 12.6. The summed E-state index contributed by atoms with van der Waals surface area (Å²) in [5, 5.41) is 5.04. The minimum atomic E-state index is -0.452. The summed E-state index contributed by atoms with van der Waals surface area (Å²) >= 11 is 0. The Morgan fingerprint density at radius 1 is 0.293 bits per heavy atom. The van der Waals surface area contributed by atoms with E-state index in [4.69, 9.17) is 0 Å². The molecule has 0 aromatic heterocycles. The standard InChI is InChI=1S/C57H37N/c1-4-16-38(17-5-1)42-28-31-46(39-18-6-2-7-19-39)55(37-42)58(44-22-8-3-9-23-44)45-30-33-47-43(34-45)29-32-50-51-35-40-20-10-11-21-41(40)36-54(51)57(56(47)50)52-26-14-12-24-48(52)49-25-13-15-27-53(49)57/h1-37H. The zero-order valence-electron chi connectivity index (χ0n) is 31.8. The predicted molar refractivity (Wildman–Crippen MR) is 243 cm³/mol. The molecular formula is C57H37N. The lowest BCUT2D eigenvalue weighted by Gasteiger charge is -2.32. The fourth-order valence-electron chi connectivity index (χ4n) is 10.2. The molecule has 1 spiro atoms. The zero-order chi connectivity index (χ0) is 38.2. The van der Waals surface area contributed by atoms with Gasteiger partial charge in [0.15, 0.2) is 0 Å². The van der Waals surface area contributed by atoms with Crippen LogP contribution in [0.4, 0.5) is 17.1 Å². The highest BCUT2D eigenvalue weighted by atomic mass is 15.1. The molecule has 0 bridgehead atoms. The Morgan fingerprint density at radius 2 is 0.879 bits per heavy atom. The Labute approximate surface area is 338 Å². The number of hydrogen-bond donors (Lipinski definition) is 0. The molecule has 0 heterocycles. The van der Waals surface area contributed by atoms with Crippen molar-refractivity contribution in [3.05, 3.63) is 247 Å². The van der Waals surface area contributed by atoms with E-state index in [1.807, 2.05) is 0 Å². The van der Waals surface area contributed by atoms with Crippen molar-refractivity contribution in [1.82, 2.24) is 0 Å². The molecule has 1 heteroatoms. The number of fused-ring (bicyclic) bond motifs is 13. The van der Waals surface area contributed by atoms with Gasteiger partial charge in [-0.15, -0.1) is 0 Å². The first kappa shape index (κ1) is 32.7. The quantitative estimate of drug-likeness (QED) is 0.170. The van der Waals surface area contributed by atoms with Crippen LogP contribution in [0.25, 0.3) is 66.1 Å². The Hall–Kier alpha value is -7.48. The van der Waals surface area contributed by atoms with Crippen molar-refractivity contribution in [2.75, 3.05) is 4.90 Å². The summed E-state index contributed by atoms with van der Waals surface area (Å²) in [7, 11) is 0. The molecule has 2 aliphatic rings. The summed E-state index contributed by atoms with van der Waals surface area (Å²) in [5.41, 5.74) is 18.4. The van der Waals surface area contributed by atoms with E-state index in [0.29, 0.717) is 0 Å². The van der Waals surface area contributed by atoms with Crippen LogP contribution in [0, 0.1) is 0 Å². The fraction of sp³-hybridized carbons (Fsp3) is 0.0175. The predicted octanol–water partition coefficient (Wildman–Crippen LogP) is 15.1. The van der Waals surface area contributed by atoms with Gasteiger partial charge in [0.25, 0.3) is 0 Å². The van der Waals surface area contributed by atoms with Gasteiger partial charge in [-0.2, -0.15) is 0 Å². The summed E-state index contributed by atoms with van der Waals surface area (Å²) < 4.78 is 0. The van der Waals surface area contributed by atoms with Gasteiger partial charge in [0.1, 0.15) is 0 Å². The molecule has 0 fully saturated rings. The number of anilines is 3. The monoisotopic (exact) mass is 735 g/mol. The van der Waals surface area contributed by atoms with Gasteiger partial charge < -0.3 is 4.90 Å². The third kappa shape index (κ3) is 4.71. The van der Waals surface area contributed by atoms with Gasteiger partial charge in [-0.05, 0) is 125 Å². The van der Waals surface area contributed by atoms with Crippen molar-refractivity contribution in [2.45, 2.75) is 5.41 Å². The SMILES string of the molecule is c1ccc(-c2ccc(-c3ccccc3)c(N(c3ccccc3)c3ccc4c5c(ccc4c3)-c3cc4ccccc4cc3C53c4ccccc4-c4ccccc43)c2)cc1. The minimum absolute atomic E-state index is 0.452. The highest BCUT2D eigenvalue weighted by Crippen LogP contribution is 2.64. The molecule has 0 unspecified atom stereocenters. The maximum absolute atomic E-state index is 2.48. The first-order valence-electron chi connectivity index (χ1n) is 20.2. The third-order valence-corrected chi connectivity index (χ3v) is 12.6.